The second-order valence-corrected chi connectivity index (χ2v) is 4.82. The van der Waals surface area contributed by atoms with Crippen molar-refractivity contribution < 1.29 is 17.3 Å². The zero-order valence-electron chi connectivity index (χ0n) is 12.2. The van der Waals surface area contributed by atoms with E-state index in [1.165, 1.54) is 70.6 Å². The van der Waals surface area contributed by atoms with Gasteiger partial charge in [0.2, 0.25) is 0 Å². The van der Waals surface area contributed by atoms with Gasteiger partial charge in [-0.15, -0.1) is 0 Å². The first-order valence-electron chi connectivity index (χ1n) is 7.49. The van der Waals surface area contributed by atoms with Gasteiger partial charge < -0.3 is 23.0 Å². The van der Waals surface area contributed by atoms with E-state index in [0.717, 1.165) is 6.54 Å². The Morgan fingerprint density at radius 2 is 0.895 bits per heavy atom. The molecule has 0 radical (unpaired) electrons. The fourth-order valence-electron chi connectivity index (χ4n) is 1.81. The Labute approximate surface area is 115 Å². The lowest BCUT2D eigenvalue weighted by Gasteiger charge is -2.01. The molecule has 6 heteroatoms. The molecule has 0 aliphatic carbocycles. The molecule has 0 rings (SSSR count). The molecule has 0 aromatic rings. The molecule has 118 valence electrons. The van der Waals surface area contributed by atoms with Crippen molar-refractivity contribution in [3.63, 3.8) is 0 Å². The van der Waals surface area contributed by atoms with Gasteiger partial charge in [0.1, 0.15) is 0 Å². The Morgan fingerprint density at radius 1 is 0.632 bits per heavy atom. The summed E-state index contributed by atoms with van der Waals surface area (Å²) >= 11 is 0. The second kappa shape index (κ2) is 15.8. The molecule has 0 saturated carbocycles. The summed E-state index contributed by atoms with van der Waals surface area (Å²) < 4.78 is 39.0. The van der Waals surface area contributed by atoms with Crippen LogP contribution in [0.3, 0.4) is 0 Å². The van der Waals surface area contributed by atoms with Crippen molar-refractivity contribution in [1.29, 1.82) is 0 Å². The van der Waals surface area contributed by atoms with Gasteiger partial charge in [-0.2, -0.15) is 0 Å². The smallest absolute Gasteiger partial charge is 0.418 e. The van der Waals surface area contributed by atoms with Crippen LogP contribution in [0.1, 0.15) is 77.6 Å². The Bertz CT molecular complexity index is 147. The second-order valence-electron chi connectivity index (χ2n) is 4.82. The standard InChI is InChI=1S/C13H29N.BF4/c1-2-3-4-5-6-7-8-9-10-11-12-13-14;2-1(3,4)5/h2-14H2,1H3;/q;-1. The lowest BCUT2D eigenvalue weighted by molar-refractivity contribution is 0.368. The summed E-state index contributed by atoms with van der Waals surface area (Å²) in [5.41, 5.74) is 5.44. The molecule has 0 aliphatic heterocycles. The van der Waals surface area contributed by atoms with E-state index in [0.29, 0.717) is 0 Å². The molecule has 1 nitrogen and oxygen atoms in total. The summed E-state index contributed by atoms with van der Waals surface area (Å²) in [5.74, 6) is 0. The minimum Gasteiger partial charge on any atom is -0.418 e. The van der Waals surface area contributed by atoms with Crippen LogP contribution in [0.4, 0.5) is 17.3 Å². The van der Waals surface area contributed by atoms with Gasteiger partial charge in [0.25, 0.3) is 0 Å². The molecule has 0 aromatic carbocycles. The molecule has 0 aromatic heterocycles. The van der Waals surface area contributed by atoms with E-state index in [2.05, 4.69) is 6.92 Å². The van der Waals surface area contributed by atoms with Crippen LogP contribution in [-0.4, -0.2) is 13.8 Å². The van der Waals surface area contributed by atoms with E-state index >= 15 is 0 Å². The average molecular weight is 286 g/mol. The highest BCUT2D eigenvalue weighted by atomic mass is 19.5. The zero-order chi connectivity index (χ0) is 15.0. The average Bonchev–Trinajstić information content (AvgIpc) is 2.29. The highest BCUT2D eigenvalue weighted by molar-refractivity contribution is 6.50. The maximum atomic E-state index is 9.75. The van der Waals surface area contributed by atoms with Gasteiger partial charge in [0.15, 0.2) is 0 Å². The van der Waals surface area contributed by atoms with Gasteiger partial charge in [-0.05, 0) is 13.0 Å². The van der Waals surface area contributed by atoms with Gasteiger partial charge in [-0.1, -0.05) is 71.1 Å². The van der Waals surface area contributed by atoms with Gasteiger partial charge in [0, 0.05) is 0 Å². The minimum atomic E-state index is -6.00. The van der Waals surface area contributed by atoms with Crippen molar-refractivity contribution in [1.82, 2.24) is 0 Å². The quantitative estimate of drug-likeness (QED) is 0.300. The minimum absolute atomic E-state index is 0.872. The first kappa shape index (κ1) is 21.1. The largest absolute Gasteiger partial charge is 0.673 e. The van der Waals surface area contributed by atoms with E-state index in [-0.39, 0.29) is 0 Å². The molecule has 0 spiro atoms. The monoisotopic (exact) mass is 286 g/mol. The van der Waals surface area contributed by atoms with Crippen LogP contribution in [0.5, 0.6) is 0 Å². The number of rotatable bonds is 11. The Morgan fingerprint density at radius 3 is 1.16 bits per heavy atom. The number of halogens is 4. The number of nitrogens with two attached hydrogens (primary N) is 1. The normalized spacial score (nSPS) is 11.1. The molecule has 0 fully saturated rings. The Hall–Kier alpha value is -0.255. The van der Waals surface area contributed by atoms with E-state index < -0.39 is 7.25 Å². The maximum absolute atomic E-state index is 9.75. The molecule has 0 aliphatic rings. The van der Waals surface area contributed by atoms with Crippen molar-refractivity contribution in [3.05, 3.63) is 0 Å². The van der Waals surface area contributed by atoms with Crippen LogP contribution in [0.25, 0.3) is 0 Å². The first-order chi connectivity index (χ1) is 8.91. The predicted molar refractivity (Wildman–Crippen MR) is 75.7 cm³/mol. The third-order valence-corrected chi connectivity index (χ3v) is 2.81. The van der Waals surface area contributed by atoms with Crippen LogP contribution < -0.4 is 5.73 Å². The SMILES string of the molecule is CCCCCCCCCCCCCN.F[B-](F)(F)F. The molecule has 0 heterocycles. The molecule has 0 atom stereocenters. The number of hydrogen-bond acceptors (Lipinski definition) is 1. The summed E-state index contributed by atoms with van der Waals surface area (Å²) in [5, 5.41) is 0. The van der Waals surface area contributed by atoms with Crippen molar-refractivity contribution in [3.8, 4) is 0 Å². The van der Waals surface area contributed by atoms with Crippen molar-refractivity contribution in [2.24, 2.45) is 5.73 Å². The number of hydrogen-bond donors (Lipinski definition) is 1. The van der Waals surface area contributed by atoms with Crippen molar-refractivity contribution >= 4 is 7.25 Å². The molecular weight excluding hydrogens is 257 g/mol. The highest BCUT2D eigenvalue weighted by Crippen LogP contribution is 2.10. The third kappa shape index (κ3) is 38.1. The Kier molecular flexibility index (Phi) is 17.5. The fraction of sp³-hybridized carbons (Fsp3) is 1.00. The molecule has 19 heavy (non-hydrogen) atoms. The van der Waals surface area contributed by atoms with Crippen LogP contribution >= 0.6 is 0 Å². The lowest BCUT2D eigenvalue weighted by Crippen LogP contribution is -2.02. The molecule has 0 amide bonds. The van der Waals surface area contributed by atoms with Gasteiger partial charge in [-0.3, -0.25) is 0 Å². The van der Waals surface area contributed by atoms with E-state index in [4.69, 9.17) is 5.73 Å². The summed E-state index contributed by atoms with van der Waals surface area (Å²) in [6, 6.07) is 0. The molecule has 2 N–H and O–H groups in total. The summed E-state index contributed by atoms with van der Waals surface area (Å²) in [6.07, 6.45) is 15.4. The third-order valence-electron chi connectivity index (χ3n) is 2.81. The van der Waals surface area contributed by atoms with Gasteiger partial charge in [0.05, 0.1) is 0 Å². The highest BCUT2D eigenvalue weighted by Gasteiger charge is 2.20. The number of unbranched alkanes of at least 4 members (excludes halogenated alkanes) is 10. The van der Waals surface area contributed by atoms with Gasteiger partial charge >= 0.3 is 7.25 Å². The summed E-state index contributed by atoms with van der Waals surface area (Å²) in [4.78, 5) is 0. The molecular formula is C13H29BF4N-. The van der Waals surface area contributed by atoms with E-state index in [9.17, 15) is 17.3 Å². The van der Waals surface area contributed by atoms with Crippen LogP contribution in [0.2, 0.25) is 0 Å². The van der Waals surface area contributed by atoms with Crippen LogP contribution in [0.15, 0.2) is 0 Å². The first-order valence-corrected chi connectivity index (χ1v) is 7.49. The van der Waals surface area contributed by atoms with E-state index in [1.807, 2.05) is 0 Å². The summed E-state index contributed by atoms with van der Waals surface area (Å²) in [6.45, 7) is 3.15. The van der Waals surface area contributed by atoms with Crippen LogP contribution in [0, 0.1) is 0 Å². The molecule has 0 bridgehead atoms. The predicted octanol–water partition coefficient (Wildman–Crippen LogP) is 5.56. The maximum Gasteiger partial charge on any atom is 0.673 e. The lowest BCUT2D eigenvalue weighted by atomic mass is 10.1. The zero-order valence-corrected chi connectivity index (χ0v) is 12.2. The van der Waals surface area contributed by atoms with Crippen molar-refractivity contribution in [2.45, 2.75) is 77.6 Å². The fourth-order valence-corrected chi connectivity index (χ4v) is 1.81. The van der Waals surface area contributed by atoms with Crippen molar-refractivity contribution in [2.75, 3.05) is 6.54 Å². The van der Waals surface area contributed by atoms with E-state index in [1.54, 1.807) is 0 Å². The Balaban J connectivity index is 0. The van der Waals surface area contributed by atoms with Gasteiger partial charge in [-0.25, -0.2) is 0 Å². The summed E-state index contributed by atoms with van der Waals surface area (Å²) in [7, 11) is -6.00. The van der Waals surface area contributed by atoms with Crippen LogP contribution in [-0.2, 0) is 0 Å². The molecule has 0 saturated heterocycles. The molecule has 0 unspecified atom stereocenters. The topological polar surface area (TPSA) is 26.0 Å².